The summed E-state index contributed by atoms with van der Waals surface area (Å²) in [5.41, 5.74) is 6.23. The molecule has 0 amide bonds. The van der Waals surface area contributed by atoms with Crippen molar-refractivity contribution in [2.45, 2.75) is 36.6 Å². The van der Waals surface area contributed by atoms with Gasteiger partial charge in [-0.25, -0.2) is 8.42 Å². The second-order valence-electron chi connectivity index (χ2n) is 5.44. The van der Waals surface area contributed by atoms with Gasteiger partial charge in [0.15, 0.2) is 0 Å². The fraction of sp³-hybridized carbons (Fsp3) is 0.538. The maximum atomic E-state index is 12.8. The highest BCUT2D eigenvalue weighted by molar-refractivity contribution is 9.10. The smallest absolute Gasteiger partial charge is 0.244 e. The van der Waals surface area contributed by atoms with Gasteiger partial charge in [0.2, 0.25) is 10.0 Å². The average Bonchev–Trinajstić information content (AvgIpc) is 3.19. The third-order valence-corrected chi connectivity index (χ3v) is 6.53. The van der Waals surface area contributed by atoms with Crippen molar-refractivity contribution in [2.75, 3.05) is 12.3 Å². The molecule has 0 spiro atoms. The first-order valence-electron chi connectivity index (χ1n) is 6.55. The zero-order valence-corrected chi connectivity index (χ0v) is 13.0. The summed E-state index contributed by atoms with van der Waals surface area (Å²) in [4.78, 5) is 0.328. The van der Waals surface area contributed by atoms with Gasteiger partial charge in [-0.2, -0.15) is 4.31 Å². The SMILES string of the molecule is Nc1ccc(S(=O)(=O)N(CC2CC2)C2CC2)c(Br)c1. The Labute approximate surface area is 122 Å². The summed E-state index contributed by atoms with van der Waals surface area (Å²) in [6.45, 7) is 0.670. The van der Waals surface area contributed by atoms with Gasteiger partial charge in [-0.1, -0.05) is 0 Å². The van der Waals surface area contributed by atoms with Crippen LogP contribution in [0.3, 0.4) is 0 Å². The molecule has 0 aromatic heterocycles. The van der Waals surface area contributed by atoms with Crippen molar-refractivity contribution >= 4 is 31.6 Å². The molecule has 0 unspecified atom stereocenters. The molecule has 2 aliphatic carbocycles. The molecule has 4 nitrogen and oxygen atoms in total. The van der Waals surface area contributed by atoms with Crippen LogP contribution in [-0.4, -0.2) is 25.3 Å². The van der Waals surface area contributed by atoms with Crippen LogP contribution in [0.5, 0.6) is 0 Å². The number of rotatable bonds is 5. The van der Waals surface area contributed by atoms with E-state index >= 15 is 0 Å². The molecule has 104 valence electrons. The van der Waals surface area contributed by atoms with E-state index in [-0.39, 0.29) is 6.04 Å². The Morgan fingerprint density at radius 3 is 2.47 bits per heavy atom. The molecule has 0 heterocycles. The van der Waals surface area contributed by atoms with Gasteiger partial charge in [-0.15, -0.1) is 0 Å². The fourth-order valence-electron chi connectivity index (χ4n) is 2.21. The zero-order chi connectivity index (χ0) is 13.6. The molecule has 2 N–H and O–H groups in total. The lowest BCUT2D eigenvalue weighted by atomic mass is 10.3. The van der Waals surface area contributed by atoms with E-state index in [4.69, 9.17) is 5.73 Å². The molecule has 0 bridgehead atoms. The zero-order valence-electron chi connectivity index (χ0n) is 10.5. The molecular formula is C13H17BrN2O2S. The van der Waals surface area contributed by atoms with E-state index in [9.17, 15) is 8.42 Å². The summed E-state index contributed by atoms with van der Waals surface area (Å²) in [6.07, 6.45) is 4.28. The summed E-state index contributed by atoms with van der Waals surface area (Å²) in [6, 6.07) is 5.08. The van der Waals surface area contributed by atoms with Gasteiger partial charge in [0.05, 0.1) is 4.90 Å². The Hall–Kier alpha value is -0.590. The summed E-state index contributed by atoms with van der Waals surface area (Å²) >= 11 is 3.32. The molecule has 3 rings (SSSR count). The second kappa shape index (κ2) is 4.75. The normalized spacial score (nSPS) is 19.9. The van der Waals surface area contributed by atoms with Gasteiger partial charge in [0.25, 0.3) is 0 Å². The molecule has 2 fully saturated rings. The minimum Gasteiger partial charge on any atom is -0.399 e. The van der Waals surface area contributed by atoms with Crippen LogP contribution in [0.25, 0.3) is 0 Å². The number of anilines is 1. The van der Waals surface area contributed by atoms with Gasteiger partial charge < -0.3 is 5.73 Å². The molecule has 2 saturated carbocycles. The fourth-order valence-corrected chi connectivity index (χ4v) is 5.03. The lowest BCUT2D eigenvalue weighted by Crippen LogP contribution is -2.35. The molecule has 6 heteroatoms. The Morgan fingerprint density at radius 1 is 1.26 bits per heavy atom. The van der Waals surface area contributed by atoms with Crippen LogP contribution >= 0.6 is 15.9 Å². The van der Waals surface area contributed by atoms with Crippen molar-refractivity contribution in [1.29, 1.82) is 0 Å². The number of nitrogens with two attached hydrogens (primary N) is 1. The Balaban J connectivity index is 1.94. The molecule has 1 aromatic rings. The minimum atomic E-state index is -3.41. The van der Waals surface area contributed by atoms with E-state index in [1.807, 2.05) is 0 Å². The molecule has 1 aromatic carbocycles. The number of sulfonamides is 1. The number of hydrogen-bond acceptors (Lipinski definition) is 3. The Morgan fingerprint density at radius 2 is 1.95 bits per heavy atom. The molecule has 0 saturated heterocycles. The van der Waals surface area contributed by atoms with Crippen LogP contribution < -0.4 is 5.73 Å². The Kier molecular flexibility index (Phi) is 3.35. The molecule has 19 heavy (non-hydrogen) atoms. The van der Waals surface area contributed by atoms with Gasteiger partial charge >= 0.3 is 0 Å². The standard InChI is InChI=1S/C13H17BrN2O2S/c14-12-7-10(15)3-6-13(12)19(17,18)16(11-4-5-11)8-9-1-2-9/h3,6-7,9,11H,1-2,4-5,8,15H2. The molecular weight excluding hydrogens is 328 g/mol. The molecule has 2 aliphatic rings. The van der Waals surface area contributed by atoms with E-state index < -0.39 is 10.0 Å². The number of nitrogens with zero attached hydrogens (tertiary/aromatic N) is 1. The third-order valence-electron chi connectivity index (χ3n) is 3.63. The monoisotopic (exact) mass is 344 g/mol. The number of nitrogen functional groups attached to an aromatic ring is 1. The van der Waals surface area contributed by atoms with Crippen LogP contribution in [0.2, 0.25) is 0 Å². The maximum Gasteiger partial charge on any atom is 0.244 e. The van der Waals surface area contributed by atoms with Gasteiger partial charge in [-0.3, -0.25) is 0 Å². The van der Waals surface area contributed by atoms with E-state index in [1.54, 1.807) is 22.5 Å². The van der Waals surface area contributed by atoms with Crippen molar-refractivity contribution in [3.63, 3.8) is 0 Å². The topological polar surface area (TPSA) is 63.4 Å². The maximum absolute atomic E-state index is 12.8. The first kappa shape index (κ1) is 13.4. The van der Waals surface area contributed by atoms with Crippen molar-refractivity contribution in [2.24, 2.45) is 5.92 Å². The number of halogens is 1. The van der Waals surface area contributed by atoms with Crippen molar-refractivity contribution in [1.82, 2.24) is 4.31 Å². The predicted octanol–water partition coefficient (Wildman–Crippen LogP) is 2.59. The second-order valence-corrected chi connectivity index (χ2v) is 8.15. The highest BCUT2D eigenvalue weighted by Gasteiger charge is 2.41. The van der Waals surface area contributed by atoms with Crippen LogP contribution in [-0.2, 0) is 10.0 Å². The first-order valence-corrected chi connectivity index (χ1v) is 8.78. The highest BCUT2D eigenvalue weighted by atomic mass is 79.9. The van der Waals surface area contributed by atoms with E-state index in [1.165, 1.54) is 0 Å². The van der Waals surface area contributed by atoms with Gasteiger partial charge in [0.1, 0.15) is 0 Å². The molecule has 0 radical (unpaired) electrons. The first-order chi connectivity index (χ1) is 8.98. The summed E-state index contributed by atoms with van der Waals surface area (Å²) in [7, 11) is -3.41. The van der Waals surface area contributed by atoms with Crippen molar-refractivity contribution < 1.29 is 8.42 Å². The molecule has 0 atom stereocenters. The van der Waals surface area contributed by atoms with Crippen LogP contribution in [0.15, 0.2) is 27.6 Å². The summed E-state index contributed by atoms with van der Waals surface area (Å²) < 4.78 is 27.8. The number of benzene rings is 1. The predicted molar refractivity (Wildman–Crippen MR) is 78.2 cm³/mol. The quantitative estimate of drug-likeness (QED) is 0.835. The van der Waals surface area contributed by atoms with E-state index in [0.29, 0.717) is 27.5 Å². The van der Waals surface area contributed by atoms with Crippen LogP contribution in [0.4, 0.5) is 5.69 Å². The van der Waals surface area contributed by atoms with E-state index in [2.05, 4.69) is 15.9 Å². The number of hydrogen-bond donors (Lipinski definition) is 1. The minimum absolute atomic E-state index is 0.204. The lowest BCUT2D eigenvalue weighted by Gasteiger charge is -2.22. The Bertz CT molecular complexity index is 595. The molecule has 0 aliphatic heterocycles. The highest BCUT2D eigenvalue weighted by Crippen LogP contribution is 2.39. The average molecular weight is 345 g/mol. The van der Waals surface area contributed by atoms with E-state index in [0.717, 1.165) is 25.7 Å². The summed E-state index contributed by atoms with van der Waals surface area (Å²) in [5.74, 6) is 0.558. The van der Waals surface area contributed by atoms with Gasteiger partial charge in [-0.05, 0) is 65.7 Å². The van der Waals surface area contributed by atoms with Crippen LogP contribution in [0.1, 0.15) is 25.7 Å². The van der Waals surface area contributed by atoms with Crippen molar-refractivity contribution in [3.05, 3.63) is 22.7 Å². The third kappa shape index (κ3) is 2.80. The summed E-state index contributed by atoms with van der Waals surface area (Å²) in [5, 5.41) is 0. The lowest BCUT2D eigenvalue weighted by molar-refractivity contribution is 0.388. The van der Waals surface area contributed by atoms with Crippen LogP contribution in [0, 0.1) is 5.92 Å². The largest absolute Gasteiger partial charge is 0.399 e. The van der Waals surface area contributed by atoms with Crippen molar-refractivity contribution in [3.8, 4) is 0 Å². The van der Waals surface area contributed by atoms with Gasteiger partial charge in [0, 0.05) is 22.7 Å².